The maximum atomic E-state index is 15.0. The average Bonchev–Trinajstić information content (AvgIpc) is 2.70. The predicted octanol–water partition coefficient (Wildman–Crippen LogP) is 8.24. The first-order valence-corrected chi connectivity index (χ1v) is 10.8. The van der Waals surface area contributed by atoms with Crippen LogP contribution in [0.4, 0.5) is 8.78 Å². The third-order valence-electron chi connectivity index (χ3n) is 4.91. The highest BCUT2D eigenvalue weighted by Crippen LogP contribution is 2.41. The molecule has 4 aromatic rings. The number of hydrogen-bond acceptors (Lipinski definition) is 1. The van der Waals surface area contributed by atoms with Crippen LogP contribution < -0.4 is 0 Å². The van der Waals surface area contributed by atoms with Crippen LogP contribution in [-0.4, -0.2) is 6.26 Å². The summed E-state index contributed by atoms with van der Waals surface area (Å²) < 4.78 is 30.4. The highest BCUT2D eigenvalue weighted by Gasteiger charge is 2.18. The molecule has 140 valence electrons. The van der Waals surface area contributed by atoms with Crippen LogP contribution >= 0.6 is 27.7 Å². The lowest BCUT2D eigenvalue weighted by atomic mass is 9.92. The lowest BCUT2D eigenvalue weighted by molar-refractivity contribution is 0.631. The van der Waals surface area contributed by atoms with Gasteiger partial charge in [-0.3, -0.25) is 0 Å². The van der Waals surface area contributed by atoms with Crippen LogP contribution in [0.5, 0.6) is 0 Å². The maximum Gasteiger partial charge on any atom is 0.131 e. The summed E-state index contributed by atoms with van der Waals surface area (Å²) in [6.07, 6.45) is 1.97. The van der Waals surface area contributed by atoms with E-state index in [1.165, 1.54) is 12.1 Å². The Morgan fingerprint density at radius 1 is 0.786 bits per heavy atom. The number of benzene rings is 4. The Labute approximate surface area is 175 Å². The molecule has 0 aromatic heterocycles. The molecule has 0 nitrogen and oxygen atoms in total. The molecule has 0 saturated carbocycles. The van der Waals surface area contributed by atoms with Gasteiger partial charge in [0.1, 0.15) is 11.6 Å². The highest BCUT2D eigenvalue weighted by atomic mass is 79.9. The largest absolute Gasteiger partial charge is 0.206 e. The smallest absolute Gasteiger partial charge is 0.131 e. The molecule has 4 aromatic carbocycles. The van der Waals surface area contributed by atoms with Crippen molar-refractivity contribution in [1.82, 2.24) is 0 Å². The molecule has 0 atom stereocenters. The minimum Gasteiger partial charge on any atom is -0.206 e. The van der Waals surface area contributed by atoms with Gasteiger partial charge in [0.05, 0.1) is 0 Å². The Bertz CT molecular complexity index is 1200. The van der Waals surface area contributed by atoms with Gasteiger partial charge in [-0.2, -0.15) is 0 Å². The van der Waals surface area contributed by atoms with Crippen molar-refractivity contribution in [3.05, 3.63) is 88.4 Å². The van der Waals surface area contributed by atoms with Gasteiger partial charge in [0, 0.05) is 20.5 Å². The molecule has 0 saturated heterocycles. The van der Waals surface area contributed by atoms with Gasteiger partial charge in [0.2, 0.25) is 0 Å². The SMILES string of the molecule is CSc1cc(C)c(-c2cc(Br)ccc2F)cc1-c1c(F)ccc2ccccc12. The molecule has 0 aliphatic rings. The van der Waals surface area contributed by atoms with E-state index in [-0.39, 0.29) is 11.6 Å². The van der Waals surface area contributed by atoms with Crippen molar-refractivity contribution in [2.24, 2.45) is 0 Å². The maximum absolute atomic E-state index is 15.0. The summed E-state index contributed by atoms with van der Waals surface area (Å²) in [5.41, 5.74) is 3.55. The molecule has 0 unspecified atom stereocenters. The minimum atomic E-state index is -0.299. The second-order valence-electron chi connectivity index (χ2n) is 6.64. The van der Waals surface area contributed by atoms with Crippen LogP contribution in [0.25, 0.3) is 33.0 Å². The molecule has 0 amide bonds. The van der Waals surface area contributed by atoms with Crippen LogP contribution in [-0.2, 0) is 0 Å². The van der Waals surface area contributed by atoms with Crippen LogP contribution in [0.15, 0.2) is 76.1 Å². The lowest BCUT2D eigenvalue weighted by Gasteiger charge is -2.17. The van der Waals surface area contributed by atoms with Crippen LogP contribution in [0, 0.1) is 18.6 Å². The first-order valence-electron chi connectivity index (χ1n) is 8.81. The van der Waals surface area contributed by atoms with Gasteiger partial charge in [0.25, 0.3) is 0 Å². The highest BCUT2D eigenvalue weighted by molar-refractivity contribution is 9.10. The Morgan fingerprint density at radius 3 is 2.32 bits per heavy atom. The topological polar surface area (TPSA) is 0 Å². The van der Waals surface area contributed by atoms with Gasteiger partial charge in [-0.1, -0.05) is 46.3 Å². The van der Waals surface area contributed by atoms with E-state index >= 15 is 4.39 Å². The van der Waals surface area contributed by atoms with Crippen molar-refractivity contribution in [1.29, 1.82) is 0 Å². The normalized spacial score (nSPS) is 11.2. The van der Waals surface area contributed by atoms with E-state index in [1.807, 2.05) is 49.6 Å². The molecule has 0 aliphatic carbocycles. The van der Waals surface area contributed by atoms with E-state index in [0.717, 1.165) is 36.8 Å². The minimum absolute atomic E-state index is 0.279. The third-order valence-corrected chi connectivity index (χ3v) is 6.18. The van der Waals surface area contributed by atoms with Gasteiger partial charge in [0.15, 0.2) is 0 Å². The van der Waals surface area contributed by atoms with Crippen molar-refractivity contribution in [3.63, 3.8) is 0 Å². The van der Waals surface area contributed by atoms with Crippen LogP contribution in [0.1, 0.15) is 5.56 Å². The second kappa shape index (κ2) is 7.69. The number of aryl methyl sites for hydroxylation is 1. The first-order chi connectivity index (χ1) is 13.5. The van der Waals surface area contributed by atoms with E-state index in [4.69, 9.17) is 0 Å². The van der Waals surface area contributed by atoms with Gasteiger partial charge < -0.3 is 0 Å². The summed E-state index contributed by atoms with van der Waals surface area (Å²) in [5, 5.41) is 1.82. The van der Waals surface area contributed by atoms with Crippen molar-refractivity contribution >= 4 is 38.5 Å². The molecule has 0 bridgehead atoms. The second-order valence-corrected chi connectivity index (χ2v) is 8.40. The van der Waals surface area contributed by atoms with Gasteiger partial charge in [-0.15, -0.1) is 11.8 Å². The molecule has 0 fully saturated rings. The summed E-state index contributed by atoms with van der Waals surface area (Å²) in [5.74, 6) is -0.578. The van der Waals surface area contributed by atoms with Gasteiger partial charge in [-0.25, -0.2) is 8.78 Å². The zero-order chi connectivity index (χ0) is 19.8. The Hall–Kier alpha value is -2.17. The Morgan fingerprint density at radius 2 is 1.54 bits per heavy atom. The number of thioether (sulfide) groups is 1. The molecule has 0 heterocycles. The average molecular weight is 455 g/mol. The summed E-state index contributed by atoms with van der Waals surface area (Å²) in [6, 6.07) is 19.8. The zero-order valence-electron chi connectivity index (χ0n) is 15.4. The lowest BCUT2D eigenvalue weighted by Crippen LogP contribution is -1.94. The third kappa shape index (κ3) is 3.36. The summed E-state index contributed by atoms with van der Waals surface area (Å²) in [6.45, 7) is 1.96. The molecule has 0 spiro atoms. The monoisotopic (exact) mass is 454 g/mol. The molecule has 0 radical (unpaired) electrons. The summed E-state index contributed by atoms with van der Waals surface area (Å²) >= 11 is 4.99. The van der Waals surface area contributed by atoms with Gasteiger partial charge >= 0.3 is 0 Å². The quantitative estimate of drug-likeness (QED) is 0.280. The Kier molecular flexibility index (Phi) is 5.26. The Balaban J connectivity index is 2.06. The predicted molar refractivity (Wildman–Crippen MR) is 119 cm³/mol. The number of halogens is 3. The number of rotatable bonds is 3. The number of fused-ring (bicyclic) bond motifs is 1. The van der Waals surface area contributed by atoms with E-state index in [0.29, 0.717) is 11.1 Å². The molecule has 0 aliphatic heterocycles. The van der Waals surface area contributed by atoms with Crippen LogP contribution in [0.3, 0.4) is 0 Å². The zero-order valence-corrected chi connectivity index (χ0v) is 17.8. The van der Waals surface area contributed by atoms with E-state index in [9.17, 15) is 4.39 Å². The van der Waals surface area contributed by atoms with Crippen molar-refractivity contribution in [3.8, 4) is 22.3 Å². The molecule has 4 rings (SSSR count). The standard InChI is InChI=1S/C24H17BrF2S/c1-14-11-23(28-2)20(13-18(14)19-12-16(25)8-10-21(19)26)24-17-6-4-3-5-15(17)7-9-22(24)27/h3-13H,1-2H3. The molecular formula is C24H17BrF2S. The van der Waals surface area contributed by atoms with E-state index < -0.39 is 0 Å². The van der Waals surface area contributed by atoms with Crippen molar-refractivity contribution in [2.45, 2.75) is 11.8 Å². The van der Waals surface area contributed by atoms with E-state index in [2.05, 4.69) is 15.9 Å². The molecule has 4 heteroatoms. The fourth-order valence-electron chi connectivity index (χ4n) is 3.56. The molecule has 0 N–H and O–H groups in total. The molecule has 28 heavy (non-hydrogen) atoms. The summed E-state index contributed by atoms with van der Waals surface area (Å²) in [4.78, 5) is 0.965. The fraction of sp³-hybridized carbons (Fsp3) is 0.0833. The number of hydrogen-bond donors (Lipinski definition) is 0. The first kappa shape index (κ1) is 19.2. The molecular weight excluding hydrogens is 438 g/mol. The van der Waals surface area contributed by atoms with Crippen molar-refractivity contribution in [2.75, 3.05) is 6.26 Å². The fourth-order valence-corrected chi connectivity index (χ4v) is 4.60. The van der Waals surface area contributed by atoms with E-state index in [1.54, 1.807) is 30.0 Å². The summed E-state index contributed by atoms with van der Waals surface area (Å²) in [7, 11) is 0. The van der Waals surface area contributed by atoms with Crippen molar-refractivity contribution < 1.29 is 8.78 Å². The van der Waals surface area contributed by atoms with Gasteiger partial charge in [-0.05, 0) is 77.0 Å². The van der Waals surface area contributed by atoms with Crippen LogP contribution in [0.2, 0.25) is 0 Å².